The van der Waals surface area contributed by atoms with Crippen LogP contribution in [0.5, 0.6) is 5.75 Å². The summed E-state index contributed by atoms with van der Waals surface area (Å²) in [6, 6.07) is -0.0142. The highest BCUT2D eigenvalue weighted by molar-refractivity contribution is 5.94. The predicted octanol–water partition coefficient (Wildman–Crippen LogP) is -3.35. The Morgan fingerprint density at radius 1 is 0.794 bits per heavy atom. The van der Waals surface area contributed by atoms with E-state index in [-0.39, 0.29) is 12.2 Å². The monoisotopic (exact) mass is 484 g/mol. The summed E-state index contributed by atoms with van der Waals surface area (Å²) in [6.45, 7) is -1.83. The van der Waals surface area contributed by atoms with Crippen molar-refractivity contribution in [3.8, 4) is 5.75 Å². The topological polar surface area (TPSA) is 249 Å². The summed E-state index contributed by atoms with van der Waals surface area (Å²) < 4.78 is 0. The molecular weight excluding hydrogens is 456 g/mol. The minimum Gasteiger partial charge on any atom is -0.508 e. The normalized spacial score (nSPS) is 14.2. The number of aromatic hydroxyl groups is 1. The van der Waals surface area contributed by atoms with E-state index < -0.39 is 79.9 Å². The highest BCUT2D eigenvalue weighted by atomic mass is 16.4. The van der Waals surface area contributed by atoms with Gasteiger partial charge in [0.05, 0.1) is 19.3 Å². The molecule has 0 spiro atoms. The second kappa shape index (κ2) is 13.7. The Morgan fingerprint density at radius 2 is 1.29 bits per heavy atom. The molecule has 0 bridgehead atoms. The number of rotatable bonds is 14. The number of carboxylic acids is 2. The van der Waals surface area contributed by atoms with E-state index >= 15 is 0 Å². The summed E-state index contributed by atoms with van der Waals surface area (Å²) in [7, 11) is 0. The van der Waals surface area contributed by atoms with Gasteiger partial charge in [-0.25, -0.2) is 4.79 Å². The fraction of sp³-hybridized carbons (Fsp3) is 0.450. The number of carboxylic acid groups (broad SMARTS) is 2. The van der Waals surface area contributed by atoms with Crippen LogP contribution in [0.2, 0.25) is 0 Å². The SMILES string of the molecule is NC(Cc1ccc(O)cc1)C(=O)NC(CO)C(=O)NC(CCC(=O)O)C(=O)NC(CO)C(=O)O. The Labute approximate surface area is 193 Å². The number of carbonyl (C=O) groups is 5. The Bertz CT molecular complexity index is 877. The fourth-order valence-electron chi connectivity index (χ4n) is 2.72. The number of amides is 3. The van der Waals surface area contributed by atoms with Crippen LogP contribution in [-0.4, -0.2) is 92.6 Å². The molecule has 0 aliphatic carbocycles. The van der Waals surface area contributed by atoms with E-state index in [4.69, 9.17) is 21.1 Å². The predicted molar refractivity (Wildman–Crippen MR) is 114 cm³/mol. The first-order valence-corrected chi connectivity index (χ1v) is 10.1. The Balaban J connectivity index is 2.82. The van der Waals surface area contributed by atoms with Gasteiger partial charge in [0.25, 0.3) is 0 Å². The molecule has 0 saturated carbocycles. The lowest BCUT2D eigenvalue weighted by Gasteiger charge is -2.24. The van der Waals surface area contributed by atoms with E-state index in [0.29, 0.717) is 5.56 Å². The molecular formula is C20H28N4O10. The summed E-state index contributed by atoms with van der Waals surface area (Å²) >= 11 is 0. The van der Waals surface area contributed by atoms with Crippen LogP contribution >= 0.6 is 0 Å². The number of aliphatic hydroxyl groups is 2. The van der Waals surface area contributed by atoms with Gasteiger partial charge in [-0.15, -0.1) is 0 Å². The average Bonchev–Trinajstić information content (AvgIpc) is 2.78. The van der Waals surface area contributed by atoms with Crippen LogP contribution in [0.4, 0.5) is 0 Å². The third kappa shape index (κ3) is 9.40. The van der Waals surface area contributed by atoms with Crippen molar-refractivity contribution in [2.75, 3.05) is 13.2 Å². The Morgan fingerprint density at radius 3 is 1.79 bits per heavy atom. The second-order valence-electron chi connectivity index (χ2n) is 7.30. The third-order valence-corrected chi connectivity index (χ3v) is 4.62. The zero-order chi connectivity index (χ0) is 25.8. The molecule has 0 radical (unpaired) electrons. The van der Waals surface area contributed by atoms with Crippen molar-refractivity contribution in [3.63, 3.8) is 0 Å². The van der Waals surface area contributed by atoms with Gasteiger partial charge in [-0.05, 0) is 30.5 Å². The summed E-state index contributed by atoms with van der Waals surface area (Å²) in [6.07, 6.45) is -0.951. The first-order valence-electron chi connectivity index (χ1n) is 10.1. The number of nitrogens with two attached hydrogens (primary N) is 1. The minimum absolute atomic E-state index is 0.0222. The average molecular weight is 484 g/mol. The molecule has 188 valence electrons. The second-order valence-corrected chi connectivity index (χ2v) is 7.30. The van der Waals surface area contributed by atoms with Crippen LogP contribution in [0.25, 0.3) is 0 Å². The van der Waals surface area contributed by atoms with Gasteiger partial charge < -0.3 is 47.2 Å². The largest absolute Gasteiger partial charge is 0.508 e. The molecule has 14 heteroatoms. The van der Waals surface area contributed by atoms with Gasteiger partial charge in [0.15, 0.2) is 0 Å². The summed E-state index contributed by atoms with van der Waals surface area (Å²) in [4.78, 5) is 59.1. The molecule has 1 rings (SSSR count). The molecule has 3 amide bonds. The Kier molecular flexibility index (Phi) is 11.4. The third-order valence-electron chi connectivity index (χ3n) is 4.62. The van der Waals surface area contributed by atoms with Gasteiger partial charge in [0.2, 0.25) is 17.7 Å². The van der Waals surface area contributed by atoms with Crippen molar-refractivity contribution in [2.45, 2.75) is 43.4 Å². The van der Waals surface area contributed by atoms with Crippen LogP contribution < -0.4 is 21.7 Å². The highest BCUT2D eigenvalue weighted by Crippen LogP contribution is 2.11. The van der Waals surface area contributed by atoms with Crippen LogP contribution in [0.1, 0.15) is 18.4 Å². The van der Waals surface area contributed by atoms with Crippen LogP contribution in [-0.2, 0) is 30.4 Å². The maximum Gasteiger partial charge on any atom is 0.328 e. The molecule has 0 heterocycles. The number of benzene rings is 1. The fourth-order valence-corrected chi connectivity index (χ4v) is 2.72. The van der Waals surface area contributed by atoms with Crippen LogP contribution in [0.3, 0.4) is 0 Å². The maximum atomic E-state index is 12.5. The maximum absolute atomic E-state index is 12.5. The molecule has 34 heavy (non-hydrogen) atoms. The molecule has 0 saturated heterocycles. The van der Waals surface area contributed by atoms with E-state index in [2.05, 4.69) is 10.6 Å². The molecule has 14 nitrogen and oxygen atoms in total. The molecule has 1 aromatic carbocycles. The first-order chi connectivity index (χ1) is 16.0. The molecule has 0 aliphatic heterocycles. The van der Waals surface area contributed by atoms with E-state index in [1.54, 1.807) is 12.1 Å². The van der Waals surface area contributed by atoms with Gasteiger partial charge in [0, 0.05) is 6.42 Å². The first kappa shape index (κ1) is 28.3. The van der Waals surface area contributed by atoms with Crippen LogP contribution in [0, 0.1) is 0 Å². The lowest BCUT2D eigenvalue weighted by atomic mass is 10.1. The highest BCUT2D eigenvalue weighted by Gasteiger charge is 2.30. The summed E-state index contributed by atoms with van der Waals surface area (Å²) in [5.74, 6) is -5.76. The minimum atomic E-state index is -1.69. The molecule has 0 aliphatic rings. The molecule has 10 N–H and O–H groups in total. The van der Waals surface area contributed by atoms with E-state index in [9.17, 15) is 34.2 Å². The molecule has 1 aromatic rings. The van der Waals surface area contributed by atoms with Gasteiger partial charge in [0.1, 0.15) is 23.9 Å². The van der Waals surface area contributed by atoms with Crippen molar-refractivity contribution in [2.24, 2.45) is 5.73 Å². The number of aliphatic hydroxyl groups excluding tert-OH is 2. The van der Waals surface area contributed by atoms with Gasteiger partial charge in [-0.1, -0.05) is 12.1 Å². The quantitative estimate of drug-likeness (QED) is 0.126. The zero-order valence-corrected chi connectivity index (χ0v) is 18.0. The Hall–Kier alpha value is -3.75. The number of hydrogen-bond acceptors (Lipinski definition) is 9. The van der Waals surface area contributed by atoms with Gasteiger partial charge in [-0.2, -0.15) is 0 Å². The van der Waals surface area contributed by atoms with E-state index in [0.717, 1.165) is 0 Å². The van der Waals surface area contributed by atoms with Crippen molar-refractivity contribution >= 4 is 29.7 Å². The van der Waals surface area contributed by atoms with Gasteiger partial charge >= 0.3 is 11.9 Å². The van der Waals surface area contributed by atoms with Crippen molar-refractivity contribution in [1.82, 2.24) is 16.0 Å². The lowest BCUT2D eigenvalue weighted by molar-refractivity contribution is -0.144. The van der Waals surface area contributed by atoms with Crippen molar-refractivity contribution < 1.29 is 49.5 Å². The van der Waals surface area contributed by atoms with Crippen molar-refractivity contribution in [1.29, 1.82) is 0 Å². The standard InChI is InChI=1S/C20H28N4O10/c21-12(7-10-1-3-11(27)4-2-10)17(30)23-14(8-25)19(32)22-13(5-6-16(28)29)18(31)24-15(9-26)20(33)34/h1-4,12-15,25-27H,5-9,21H2,(H,22,32)(H,23,30)(H,24,31)(H,28,29)(H,33,34). The van der Waals surface area contributed by atoms with Crippen molar-refractivity contribution in [3.05, 3.63) is 29.8 Å². The van der Waals surface area contributed by atoms with E-state index in [1.165, 1.54) is 12.1 Å². The van der Waals surface area contributed by atoms with E-state index in [1.807, 2.05) is 5.32 Å². The summed E-state index contributed by atoms with van der Waals surface area (Å²) in [5, 5.41) is 52.0. The molecule has 4 unspecified atom stereocenters. The zero-order valence-electron chi connectivity index (χ0n) is 18.0. The van der Waals surface area contributed by atoms with Gasteiger partial charge in [-0.3, -0.25) is 19.2 Å². The van der Waals surface area contributed by atoms with Crippen LogP contribution in [0.15, 0.2) is 24.3 Å². The smallest absolute Gasteiger partial charge is 0.328 e. The number of carbonyl (C=O) groups excluding carboxylic acids is 3. The summed E-state index contributed by atoms with van der Waals surface area (Å²) in [5.41, 5.74) is 6.44. The number of aliphatic carboxylic acids is 2. The number of hydrogen-bond donors (Lipinski definition) is 9. The lowest BCUT2D eigenvalue weighted by Crippen LogP contribution is -2.58. The number of nitrogens with one attached hydrogen (secondary N) is 3. The number of phenolic OH excluding ortho intramolecular Hbond substituents is 1. The molecule has 0 aromatic heterocycles. The molecule has 4 atom stereocenters. The number of phenols is 1. The molecule has 0 fully saturated rings.